The molecule has 0 atom stereocenters. The molecule has 1 aromatic heterocycles. The van der Waals surface area contributed by atoms with E-state index in [9.17, 15) is 0 Å². The summed E-state index contributed by atoms with van der Waals surface area (Å²) in [6.45, 7) is 0. The Morgan fingerprint density at radius 1 is 1.35 bits per heavy atom. The Labute approximate surface area is 105 Å². The SMILES string of the molecule is COc1ccccc1-c1noc(CCCCl)n1. The molecule has 1 heterocycles. The smallest absolute Gasteiger partial charge is 0.227 e. The Balaban J connectivity index is 2.24. The van der Waals surface area contributed by atoms with Crippen molar-refractivity contribution in [1.29, 1.82) is 0 Å². The van der Waals surface area contributed by atoms with E-state index in [1.165, 1.54) is 0 Å². The van der Waals surface area contributed by atoms with Crippen molar-refractivity contribution in [2.45, 2.75) is 12.8 Å². The molecule has 90 valence electrons. The fraction of sp³-hybridized carbons (Fsp3) is 0.333. The summed E-state index contributed by atoms with van der Waals surface area (Å²) in [5.74, 6) is 2.47. The first-order valence-corrected chi connectivity index (χ1v) is 5.90. The zero-order valence-corrected chi connectivity index (χ0v) is 10.3. The summed E-state index contributed by atoms with van der Waals surface area (Å²) in [7, 11) is 1.62. The van der Waals surface area contributed by atoms with Gasteiger partial charge in [0.1, 0.15) is 5.75 Å². The molecule has 0 aliphatic carbocycles. The van der Waals surface area contributed by atoms with Crippen LogP contribution in [0.3, 0.4) is 0 Å². The molecule has 0 spiro atoms. The van der Waals surface area contributed by atoms with Crippen molar-refractivity contribution in [3.63, 3.8) is 0 Å². The second-order valence-electron chi connectivity index (χ2n) is 3.50. The first-order chi connectivity index (χ1) is 8.35. The van der Waals surface area contributed by atoms with Crippen LogP contribution in [-0.4, -0.2) is 23.1 Å². The maximum Gasteiger partial charge on any atom is 0.227 e. The van der Waals surface area contributed by atoms with Crippen LogP contribution in [0.15, 0.2) is 28.8 Å². The predicted octanol–water partition coefficient (Wildman–Crippen LogP) is 2.92. The van der Waals surface area contributed by atoms with Gasteiger partial charge in [-0.1, -0.05) is 17.3 Å². The van der Waals surface area contributed by atoms with Crippen LogP contribution in [0.4, 0.5) is 0 Å². The number of para-hydroxylation sites is 1. The van der Waals surface area contributed by atoms with Crippen molar-refractivity contribution >= 4 is 11.6 Å². The molecule has 0 aliphatic heterocycles. The Morgan fingerprint density at radius 3 is 2.94 bits per heavy atom. The third-order valence-electron chi connectivity index (χ3n) is 2.34. The van der Waals surface area contributed by atoms with Gasteiger partial charge in [0.2, 0.25) is 11.7 Å². The minimum Gasteiger partial charge on any atom is -0.496 e. The molecule has 4 nitrogen and oxygen atoms in total. The number of ether oxygens (including phenoxy) is 1. The minimum absolute atomic E-state index is 0.548. The monoisotopic (exact) mass is 252 g/mol. The lowest BCUT2D eigenvalue weighted by molar-refractivity contribution is 0.377. The lowest BCUT2D eigenvalue weighted by Gasteiger charge is -2.02. The molecule has 0 saturated heterocycles. The number of hydrogen-bond acceptors (Lipinski definition) is 4. The highest BCUT2D eigenvalue weighted by atomic mass is 35.5. The average Bonchev–Trinajstić information content (AvgIpc) is 2.85. The number of aromatic nitrogens is 2. The Kier molecular flexibility index (Phi) is 3.98. The predicted molar refractivity (Wildman–Crippen MR) is 65.3 cm³/mol. The highest BCUT2D eigenvalue weighted by molar-refractivity contribution is 6.17. The summed E-state index contributed by atoms with van der Waals surface area (Å²) in [6, 6.07) is 7.57. The fourth-order valence-corrected chi connectivity index (χ4v) is 1.65. The molecule has 0 N–H and O–H groups in total. The molecule has 5 heteroatoms. The standard InChI is InChI=1S/C12H13ClN2O2/c1-16-10-6-3-2-5-9(10)12-14-11(17-15-12)7-4-8-13/h2-3,5-6H,4,7-8H2,1H3. The number of nitrogens with zero attached hydrogens (tertiary/aromatic N) is 2. The van der Waals surface area contributed by atoms with Crippen LogP contribution in [0.5, 0.6) is 5.75 Å². The van der Waals surface area contributed by atoms with Gasteiger partial charge in [0.05, 0.1) is 12.7 Å². The number of rotatable bonds is 5. The maximum atomic E-state index is 5.61. The summed E-state index contributed by atoms with van der Waals surface area (Å²) >= 11 is 5.61. The Hall–Kier alpha value is -1.55. The van der Waals surface area contributed by atoms with E-state index in [0.29, 0.717) is 24.0 Å². The summed E-state index contributed by atoms with van der Waals surface area (Å²) < 4.78 is 10.4. The lowest BCUT2D eigenvalue weighted by atomic mass is 10.2. The van der Waals surface area contributed by atoms with E-state index in [1.807, 2.05) is 24.3 Å². The van der Waals surface area contributed by atoms with Crippen molar-refractivity contribution in [3.8, 4) is 17.1 Å². The largest absolute Gasteiger partial charge is 0.496 e. The normalized spacial score (nSPS) is 10.5. The maximum absolute atomic E-state index is 5.61. The van der Waals surface area contributed by atoms with Crippen LogP contribution in [0.25, 0.3) is 11.4 Å². The number of benzene rings is 1. The van der Waals surface area contributed by atoms with E-state index in [0.717, 1.165) is 17.7 Å². The van der Waals surface area contributed by atoms with Gasteiger partial charge in [0, 0.05) is 12.3 Å². The number of aryl methyl sites for hydroxylation is 1. The minimum atomic E-state index is 0.548. The Bertz CT molecular complexity index is 485. The molecular weight excluding hydrogens is 240 g/mol. The fourth-order valence-electron chi connectivity index (χ4n) is 1.51. The van der Waals surface area contributed by atoms with Crippen LogP contribution >= 0.6 is 11.6 Å². The molecule has 0 unspecified atom stereocenters. The van der Waals surface area contributed by atoms with Crippen molar-refractivity contribution in [3.05, 3.63) is 30.2 Å². The molecule has 17 heavy (non-hydrogen) atoms. The topological polar surface area (TPSA) is 48.2 Å². The van der Waals surface area contributed by atoms with E-state index >= 15 is 0 Å². The number of halogens is 1. The van der Waals surface area contributed by atoms with Gasteiger partial charge in [-0.25, -0.2) is 0 Å². The molecule has 0 aliphatic rings. The van der Waals surface area contributed by atoms with Gasteiger partial charge in [-0.05, 0) is 18.6 Å². The van der Waals surface area contributed by atoms with Crippen LogP contribution in [-0.2, 0) is 6.42 Å². The van der Waals surface area contributed by atoms with E-state index in [2.05, 4.69) is 10.1 Å². The molecule has 0 fully saturated rings. The quantitative estimate of drug-likeness (QED) is 0.768. The van der Waals surface area contributed by atoms with Crippen LogP contribution in [0.1, 0.15) is 12.3 Å². The lowest BCUT2D eigenvalue weighted by Crippen LogP contribution is -1.90. The van der Waals surface area contributed by atoms with Gasteiger partial charge in [0.15, 0.2) is 0 Å². The highest BCUT2D eigenvalue weighted by Gasteiger charge is 2.12. The molecule has 2 rings (SSSR count). The molecule has 2 aromatic rings. The van der Waals surface area contributed by atoms with Gasteiger partial charge < -0.3 is 9.26 Å². The third kappa shape index (κ3) is 2.77. The first-order valence-electron chi connectivity index (χ1n) is 5.37. The summed E-state index contributed by atoms with van der Waals surface area (Å²) in [5.41, 5.74) is 0.830. The number of hydrogen-bond donors (Lipinski definition) is 0. The van der Waals surface area contributed by atoms with Crippen molar-refractivity contribution in [2.24, 2.45) is 0 Å². The van der Waals surface area contributed by atoms with E-state index in [4.69, 9.17) is 20.9 Å². The zero-order chi connectivity index (χ0) is 12.1. The molecule has 0 saturated carbocycles. The summed E-state index contributed by atoms with van der Waals surface area (Å²) in [4.78, 5) is 4.31. The molecular formula is C12H13ClN2O2. The van der Waals surface area contributed by atoms with Gasteiger partial charge in [0.25, 0.3) is 0 Å². The third-order valence-corrected chi connectivity index (χ3v) is 2.61. The highest BCUT2D eigenvalue weighted by Crippen LogP contribution is 2.27. The summed E-state index contributed by atoms with van der Waals surface area (Å²) in [5, 5.41) is 3.94. The second-order valence-corrected chi connectivity index (χ2v) is 3.88. The number of methoxy groups -OCH3 is 1. The molecule has 0 bridgehead atoms. The van der Waals surface area contributed by atoms with E-state index in [-0.39, 0.29) is 0 Å². The van der Waals surface area contributed by atoms with Crippen LogP contribution in [0.2, 0.25) is 0 Å². The van der Waals surface area contributed by atoms with Crippen molar-refractivity contribution in [2.75, 3.05) is 13.0 Å². The zero-order valence-electron chi connectivity index (χ0n) is 9.52. The average molecular weight is 253 g/mol. The van der Waals surface area contributed by atoms with E-state index < -0.39 is 0 Å². The van der Waals surface area contributed by atoms with Gasteiger partial charge in [-0.2, -0.15) is 4.98 Å². The molecule has 0 radical (unpaired) electrons. The van der Waals surface area contributed by atoms with Crippen LogP contribution in [0, 0.1) is 0 Å². The van der Waals surface area contributed by atoms with Gasteiger partial charge >= 0.3 is 0 Å². The van der Waals surface area contributed by atoms with Crippen molar-refractivity contribution in [1.82, 2.24) is 10.1 Å². The summed E-state index contributed by atoms with van der Waals surface area (Å²) in [6.07, 6.45) is 1.53. The van der Waals surface area contributed by atoms with Gasteiger partial charge in [-0.3, -0.25) is 0 Å². The molecule has 1 aromatic carbocycles. The number of alkyl halides is 1. The van der Waals surface area contributed by atoms with Crippen molar-refractivity contribution < 1.29 is 9.26 Å². The molecule has 0 amide bonds. The Morgan fingerprint density at radius 2 is 2.18 bits per heavy atom. The van der Waals surface area contributed by atoms with E-state index in [1.54, 1.807) is 7.11 Å². The van der Waals surface area contributed by atoms with Gasteiger partial charge in [-0.15, -0.1) is 11.6 Å². The van der Waals surface area contributed by atoms with Crippen LogP contribution < -0.4 is 4.74 Å². The first kappa shape index (κ1) is 11.9. The second kappa shape index (κ2) is 5.68.